The van der Waals surface area contributed by atoms with Crippen LogP contribution in [-0.4, -0.2) is 62.3 Å². The Kier molecular flexibility index (Phi) is 9.60. The molecular formula is C28H35F2N3O5S. The molecule has 1 fully saturated rings. The molecule has 0 aliphatic carbocycles. The van der Waals surface area contributed by atoms with Crippen molar-refractivity contribution < 1.29 is 33.0 Å². The average Bonchev–Trinajstić information content (AvgIpc) is 3.16. The third kappa shape index (κ3) is 7.92. The Bertz CT molecular complexity index is 1170. The Morgan fingerprint density at radius 2 is 1.72 bits per heavy atom. The van der Waals surface area contributed by atoms with E-state index in [1.54, 1.807) is 58.9 Å². The maximum absolute atomic E-state index is 14.1. The van der Waals surface area contributed by atoms with Crippen molar-refractivity contribution in [2.45, 2.75) is 76.1 Å². The van der Waals surface area contributed by atoms with Crippen LogP contribution in [0.2, 0.25) is 0 Å². The second-order valence-electron chi connectivity index (χ2n) is 10.9. The molecule has 2 aromatic carbocycles. The molecule has 1 heterocycles. The number of amides is 3. The summed E-state index contributed by atoms with van der Waals surface area (Å²) in [5, 5.41) is 16.3. The molecule has 2 aromatic rings. The first-order chi connectivity index (χ1) is 18.2. The monoisotopic (exact) mass is 563 g/mol. The number of aliphatic hydroxyl groups excluding tert-OH is 1. The molecule has 1 aliphatic heterocycles. The molecule has 1 saturated heterocycles. The van der Waals surface area contributed by atoms with Crippen molar-refractivity contribution in [3.05, 3.63) is 71.3 Å². The summed E-state index contributed by atoms with van der Waals surface area (Å²) in [7, 11) is 0. The maximum Gasteiger partial charge on any atom is 0.407 e. The number of nitrogens with zero attached hydrogens (tertiary/aromatic N) is 1. The van der Waals surface area contributed by atoms with E-state index in [-0.39, 0.29) is 17.9 Å². The molecule has 0 spiro atoms. The number of aliphatic hydroxyl groups is 1. The lowest BCUT2D eigenvalue weighted by molar-refractivity contribution is -0.147. The fraction of sp³-hybridized carbons (Fsp3) is 0.464. The van der Waals surface area contributed by atoms with Crippen LogP contribution in [0.4, 0.5) is 13.6 Å². The molecule has 3 atom stereocenters. The van der Waals surface area contributed by atoms with Gasteiger partial charge in [-0.3, -0.25) is 9.59 Å². The van der Waals surface area contributed by atoms with Gasteiger partial charge in [0.25, 0.3) is 5.91 Å². The van der Waals surface area contributed by atoms with Gasteiger partial charge in [0.05, 0.1) is 11.9 Å². The van der Waals surface area contributed by atoms with E-state index in [4.69, 9.17) is 4.74 Å². The number of hydrogen-bond donors (Lipinski definition) is 3. The Morgan fingerprint density at radius 1 is 1.10 bits per heavy atom. The number of thioether (sulfide) groups is 1. The molecule has 3 rings (SSSR count). The van der Waals surface area contributed by atoms with Crippen molar-refractivity contribution in [2.75, 3.05) is 5.88 Å². The van der Waals surface area contributed by atoms with Gasteiger partial charge in [0, 0.05) is 16.9 Å². The fourth-order valence-corrected chi connectivity index (χ4v) is 5.44. The third-order valence-corrected chi connectivity index (χ3v) is 7.59. The number of carbonyl (C=O) groups is 3. The molecule has 3 amide bonds. The lowest BCUT2D eigenvalue weighted by Gasteiger charge is -2.33. The van der Waals surface area contributed by atoms with E-state index in [1.165, 1.54) is 22.7 Å². The first kappa shape index (κ1) is 30.4. The van der Waals surface area contributed by atoms with Crippen molar-refractivity contribution in [3.63, 3.8) is 0 Å². The zero-order valence-electron chi connectivity index (χ0n) is 22.7. The highest BCUT2D eigenvalue weighted by atomic mass is 32.2. The second kappa shape index (κ2) is 12.3. The van der Waals surface area contributed by atoms with Crippen LogP contribution in [0.25, 0.3) is 0 Å². The minimum absolute atomic E-state index is 0.0968. The fourth-order valence-electron chi connectivity index (χ4n) is 4.30. The Labute approximate surface area is 231 Å². The van der Waals surface area contributed by atoms with Crippen molar-refractivity contribution in [1.29, 1.82) is 0 Å². The molecule has 1 aliphatic rings. The minimum atomic E-state index is -1.70. The van der Waals surface area contributed by atoms with E-state index in [1.807, 2.05) is 6.07 Å². The smallest absolute Gasteiger partial charge is 0.407 e. The molecule has 8 nitrogen and oxygen atoms in total. The van der Waals surface area contributed by atoms with Crippen LogP contribution in [0, 0.1) is 11.6 Å². The van der Waals surface area contributed by atoms with E-state index in [2.05, 4.69) is 10.6 Å². The number of nitrogens with one attached hydrogen (secondary N) is 2. The SMILES string of the molecule is CC(C)(C)OC(=O)N[C@@H](Cc1ccccc1)[C@H](O)C(=O)N1CSC(C)(C)C1C(=O)NCc1c(F)cccc1F. The summed E-state index contributed by atoms with van der Waals surface area (Å²) in [5.74, 6) is -2.87. The predicted molar refractivity (Wildman–Crippen MR) is 145 cm³/mol. The number of benzene rings is 2. The van der Waals surface area contributed by atoms with Crippen LogP contribution < -0.4 is 10.6 Å². The van der Waals surface area contributed by atoms with Crippen molar-refractivity contribution in [3.8, 4) is 0 Å². The van der Waals surface area contributed by atoms with Gasteiger partial charge in [-0.1, -0.05) is 36.4 Å². The first-order valence-corrected chi connectivity index (χ1v) is 13.5. The van der Waals surface area contributed by atoms with Gasteiger partial charge in [-0.25, -0.2) is 13.6 Å². The number of rotatable bonds is 8. The van der Waals surface area contributed by atoms with E-state index in [9.17, 15) is 28.3 Å². The van der Waals surface area contributed by atoms with E-state index >= 15 is 0 Å². The normalized spacial score (nSPS) is 18.3. The van der Waals surface area contributed by atoms with Gasteiger partial charge < -0.3 is 25.4 Å². The summed E-state index contributed by atoms with van der Waals surface area (Å²) in [4.78, 5) is 40.6. The molecule has 212 valence electrons. The molecule has 3 N–H and O–H groups in total. The second-order valence-corrected chi connectivity index (χ2v) is 12.5. The predicted octanol–water partition coefficient (Wildman–Crippen LogP) is 3.76. The van der Waals surface area contributed by atoms with Crippen molar-refractivity contribution in [1.82, 2.24) is 15.5 Å². The largest absolute Gasteiger partial charge is 0.444 e. The minimum Gasteiger partial charge on any atom is -0.444 e. The van der Waals surface area contributed by atoms with Gasteiger partial charge in [0.2, 0.25) is 5.91 Å². The van der Waals surface area contributed by atoms with Gasteiger partial charge in [-0.15, -0.1) is 11.8 Å². The van der Waals surface area contributed by atoms with Crippen molar-refractivity contribution >= 4 is 29.7 Å². The highest BCUT2D eigenvalue weighted by Gasteiger charge is 2.49. The standard InChI is InChI=1S/C28H35F2N3O5S/c1-27(2,3)38-26(37)32-21(14-17-10-7-6-8-11-17)22(34)25(36)33-16-39-28(4,5)23(33)24(35)31-15-18-19(29)12-9-13-20(18)30/h6-13,21-23,34H,14-16H2,1-5H3,(H,31,35)(H,32,37)/t21-,22-,23?/m0/s1. The molecule has 0 bridgehead atoms. The number of alkyl carbamates (subject to hydrolysis) is 1. The van der Waals surface area contributed by atoms with Crippen LogP contribution >= 0.6 is 11.8 Å². The quantitative estimate of drug-likeness (QED) is 0.452. The van der Waals surface area contributed by atoms with Crippen LogP contribution in [0.15, 0.2) is 48.5 Å². The Morgan fingerprint density at radius 3 is 2.31 bits per heavy atom. The number of ether oxygens (including phenoxy) is 1. The van der Waals surface area contributed by atoms with E-state index in [0.29, 0.717) is 0 Å². The van der Waals surface area contributed by atoms with Crippen LogP contribution in [0.5, 0.6) is 0 Å². The molecular weight excluding hydrogens is 528 g/mol. The third-order valence-electron chi connectivity index (χ3n) is 6.21. The Balaban J connectivity index is 1.80. The highest BCUT2D eigenvalue weighted by molar-refractivity contribution is 8.00. The summed E-state index contributed by atoms with van der Waals surface area (Å²) in [6.45, 7) is 8.22. The highest BCUT2D eigenvalue weighted by Crippen LogP contribution is 2.40. The zero-order valence-corrected chi connectivity index (χ0v) is 23.5. The van der Waals surface area contributed by atoms with Gasteiger partial charge in [0.1, 0.15) is 23.3 Å². The number of halogens is 2. The zero-order chi connectivity index (χ0) is 29.0. The molecule has 39 heavy (non-hydrogen) atoms. The maximum atomic E-state index is 14.1. The molecule has 1 unspecified atom stereocenters. The summed E-state index contributed by atoms with van der Waals surface area (Å²) in [6, 6.07) is 10.3. The average molecular weight is 564 g/mol. The van der Waals surface area contributed by atoms with Crippen LogP contribution in [0.1, 0.15) is 45.7 Å². The summed E-state index contributed by atoms with van der Waals surface area (Å²) in [5.41, 5.74) is -0.327. The van der Waals surface area contributed by atoms with E-state index < -0.39 is 64.6 Å². The Hall–Kier alpha value is -3.18. The topological polar surface area (TPSA) is 108 Å². The number of hydrogen-bond acceptors (Lipinski definition) is 6. The van der Waals surface area contributed by atoms with Gasteiger partial charge in [0.15, 0.2) is 6.10 Å². The lowest BCUT2D eigenvalue weighted by atomic mass is 9.97. The molecule has 0 radical (unpaired) electrons. The van der Waals surface area contributed by atoms with Gasteiger partial charge in [-0.05, 0) is 58.7 Å². The molecule has 11 heteroatoms. The molecule has 0 aromatic heterocycles. The van der Waals surface area contributed by atoms with Crippen LogP contribution in [-0.2, 0) is 27.3 Å². The molecule has 0 saturated carbocycles. The van der Waals surface area contributed by atoms with Crippen molar-refractivity contribution in [2.24, 2.45) is 0 Å². The number of carbonyl (C=O) groups excluding carboxylic acids is 3. The lowest BCUT2D eigenvalue weighted by Crippen LogP contribution is -2.58. The van der Waals surface area contributed by atoms with Gasteiger partial charge >= 0.3 is 6.09 Å². The van der Waals surface area contributed by atoms with E-state index in [0.717, 1.165) is 17.7 Å². The summed E-state index contributed by atoms with van der Waals surface area (Å²) < 4.78 is 32.7. The summed E-state index contributed by atoms with van der Waals surface area (Å²) in [6.07, 6.45) is -2.38. The van der Waals surface area contributed by atoms with Gasteiger partial charge in [-0.2, -0.15) is 0 Å². The first-order valence-electron chi connectivity index (χ1n) is 12.6. The summed E-state index contributed by atoms with van der Waals surface area (Å²) >= 11 is 1.33. The van der Waals surface area contributed by atoms with Crippen LogP contribution in [0.3, 0.4) is 0 Å².